The number of benzene rings is 2. The van der Waals surface area contributed by atoms with Crippen molar-refractivity contribution in [2.24, 2.45) is 11.7 Å². The number of rotatable bonds is 7. The van der Waals surface area contributed by atoms with Gasteiger partial charge in [0.1, 0.15) is 12.1 Å². The summed E-state index contributed by atoms with van der Waals surface area (Å²) in [5.41, 5.74) is 6.49. The maximum atomic E-state index is 12.7. The molecule has 0 fully saturated rings. The first-order valence-electron chi connectivity index (χ1n) is 8.40. The molecule has 0 bridgehead atoms. The van der Waals surface area contributed by atoms with Crippen molar-refractivity contribution in [2.75, 3.05) is 0 Å². The van der Waals surface area contributed by atoms with Gasteiger partial charge in [-0.25, -0.2) is 0 Å². The second kappa shape index (κ2) is 8.80. The number of carbonyl (C=O) groups excluding carboxylic acids is 3. The van der Waals surface area contributed by atoms with Crippen LogP contribution in [0.5, 0.6) is 0 Å². The highest BCUT2D eigenvalue weighted by Crippen LogP contribution is 2.13. The average Bonchev–Trinajstić information content (AvgIpc) is 2.64. The third-order valence-electron chi connectivity index (χ3n) is 3.98. The molecule has 136 valence electrons. The minimum Gasteiger partial charge on any atom is -0.368 e. The summed E-state index contributed by atoms with van der Waals surface area (Å²) in [6.07, 6.45) is 0. The molecule has 0 spiro atoms. The minimum absolute atomic E-state index is 0.174. The van der Waals surface area contributed by atoms with Crippen molar-refractivity contribution >= 4 is 17.7 Å². The molecule has 2 aromatic carbocycles. The summed E-state index contributed by atoms with van der Waals surface area (Å²) in [4.78, 5) is 36.9. The first kappa shape index (κ1) is 19.2. The van der Waals surface area contributed by atoms with Crippen molar-refractivity contribution in [3.63, 3.8) is 0 Å². The van der Waals surface area contributed by atoms with E-state index in [9.17, 15) is 14.4 Å². The molecule has 0 aromatic heterocycles. The molecule has 0 saturated heterocycles. The fourth-order valence-corrected chi connectivity index (χ4v) is 2.55. The van der Waals surface area contributed by atoms with Crippen molar-refractivity contribution in [1.82, 2.24) is 10.6 Å². The summed E-state index contributed by atoms with van der Waals surface area (Å²) in [6, 6.07) is 15.6. The Labute approximate surface area is 152 Å². The number of nitrogens with two attached hydrogens (primary N) is 1. The van der Waals surface area contributed by atoms with Crippen LogP contribution in [0.25, 0.3) is 0 Å². The van der Waals surface area contributed by atoms with Crippen molar-refractivity contribution in [3.8, 4) is 0 Å². The molecule has 0 aliphatic carbocycles. The third kappa shape index (κ3) is 4.92. The summed E-state index contributed by atoms with van der Waals surface area (Å²) in [5.74, 6) is -1.65. The Morgan fingerprint density at radius 2 is 1.38 bits per heavy atom. The van der Waals surface area contributed by atoms with Crippen LogP contribution in [0.4, 0.5) is 0 Å². The predicted molar refractivity (Wildman–Crippen MR) is 99.1 cm³/mol. The number of primary amides is 1. The molecule has 2 unspecified atom stereocenters. The second-order valence-corrected chi connectivity index (χ2v) is 6.32. The molecule has 2 rings (SSSR count). The monoisotopic (exact) mass is 353 g/mol. The summed E-state index contributed by atoms with van der Waals surface area (Å²) in [5, 5.41) is 5.37. The van der Waals surface area contributed by atoms with E-state index in [1.165, 1.54) is 0 Å². The molecular weight excluding hydrogens is 330 g/mol. The summed E-state index contributed by atoms with van der Waals surface area (Å²) < 4.78 is 0. The quantitative estimate of drug-likeness (QED) is 0.707. The largest absolute Gasteiger partial charge is 0.368 e. The maximum absolute atomic E-state index is 12.7. The SMILES string of the molecule is CC(C)C(NC(=O)c1ccccc1)C(=O)NC(C(N)=O)c1ccccc1. The van der Waals surface area contributed by atoms with Crippen LogP contribution in [-0.2, 0) is 9.59 Å². The molecule has 0 aliphatic rings. The first-order chi connectivity index (χ1) is 12.4. The molecule has 0 aliphatic heterocycles. The van der Waals surface area contributed by atoms with Crippen molar-refractivity contribution in [2.45, 2.75) is 25.9 Å². The smallest absolute Gasteiger partial charge is 0.251 e. The Morgan fingerprint density at radius 1 is 0.846 bits per heavy atom. The highest BCUT2D eigenvalue weighted by Gasteiger charge is 2.28. The van der Waals surface area contributed by atoms with E-state index in [4.69, 9.17) is 5.73 Å². The Kier molecular flexibility index (Phi) is 6.49. The number of hydrogen-bond acceptors (Lipinski definition) is 3. The highest BCUT2D eigenvalue weighted by atomic mass is 16.2. The zero-order valence-corrected chi connectivity index (χ0v) is 14.8. The van der Waals surface area contributed by atoms with Gasteiger partial charge in [-0.2, -0.15) is 0 Å². The van der Waals surface area contributed by atoms with E-state index in [1.54, 1.807) is 60.7 Å². The molecular formula is C20H23N3O3. The van der Waals surface area contributed by atoms with Gasteiger partial charge in [0, 0.05) is 5.56 Å². The van der Waals surface area contributed by atoms with Crippen molar-refractivity contribution < 1.29 is 14.4 Å². The van der Waals surface area contributed by atoms with Gasteiger partial charge in [-0.05, 0) is 23.6 Å². The topological polar surface area (TPSA) is 101 Å². The lowest BCUT2D eigenvalue weighted by atomic mass is 10.0. The summed E-state index contributed by atoms with van der Waals surface area (Å²) in [6.45, 7) is 3.63. The van der Waals surface area contributed by atoms with Crippen LogP contribution >= 0.6 is 0 Å². The average molecular weight is 353 g/mol. The van der Waals surface area contributed by atoms with E-state index in [-0.39, 0.29) is 11.8 Å². The molecule has 6 nitrogen and oxygen atoms in total. The van der Waals surface area contributed by atoms with Gasteiger partial charge in [0.15, 0.2) is 0 Å². The van der Waals surface area contributed by atoms with Gasteiger partial charge < -0.3 is 16.4 Å². The standard InChI is InChI=1S/C20H23N3O3/c1-13(2)16(22-19(25)15-11-7-4-8-12-15)20(26)23-17(18(21)24)14-9-5-3-6-10-14/h3-13,16-17H,1-2H3,(H2,21,24)(H,22,25)(H,23,26). The normalized spacial score (nSPS) is 12.9. The van der Waals surface area contributed by atoms with Crippen LogP contribution in [0.1, 0.15) is 35.8 Å². The lowest BCUT2D eigenvalue weighted by molar-refractivity contribution is -0.129. The molecule has 0 heterocycles. The number of carbonyl (C=O) groups is 3. The predicted octanol–water partition coefficient (Wildman–Crippen LogP) is 1.78. The molecule has 2 atom stereocenters. The van der Waals surface area contributed by atoms with Crippen LogP contribution < -0.4 is 16.4 Å². The summed E-state index contributed by atoms with van der Waals surface area (Å²) in [7, 11) is 0. The summed E-state index contributed by atoms with van der Waals surface area (Å²) >= 11 is 0. The lowest BCUT2D eigenvalue weighted by Gasteiger charge is -2.24. The zero-order valence-electron chi connectivity index (χ0n) is 14.8. The fourth-order valence-electron chi connectivity index (χ4n) is 2.55. The zero-order chi connectivity index (χ0) is 19.1. The Hall–Kier alpha value is -3.15. The molecule has 3 amide bonds. The number of nitrogens with one attached hydrogen (secondary N) is 2. The van der Waals surface area contributed by atoms with E-state index in [2.05, 4.69) is 10.6 Å². The van der Waals surface area contributed by atoms with Gasteiger partial charge in [-0.1, -0.05) is 62.4 Å². The van der Waals surface area contributed by atoms with E-state index in [1.807, 2.05) is 13.8 Å². The highest BCUT2D eigenvalue weighted by molar-refractivity contribution is 5.98. The third-order valence-corrected chi connectivity index (χ3v) is 3.98. The molecule has 26 heavy (non-hydrogen) atoms. The van der Waals surface area contributed by atoms with Crippen molar-refractivity contribution in [3.05, 3.63) is 71.8 Å². The molecule has 6 heteroatoms. The van der Waals surface area contributed by atoms with Crippen LogP contribution in [0.2, 0.25) is 0 Å². The Bertz CT molecular complexity index is 760. The fraction of sp³-hybridized carbons (Fsp3) is 0.250. The van der Waals surface area contributed by atoms with E-state index >= 15 is 0 Å². The van der Waals surface area contributed by atoms with Gasteiger partial charge in [0.2, 0.25) is 11.8 Å². The minimum atomic E-state index is -0.960. The van der Waals surface area contributed by atoms with E-state index < -0.39 is 23.9 Å². The van der Waals surface area contributed by atoms with Crippen LogP contribution in [-0.4, -0.2) is 23.8 Å². The second-order valence-electron chi connectivity index (χ2n) is 6.32. The van der Waals surface area contributed by atoms with Gasteiger partial charge >= 0.3 is 0 Å². The van der Waals surface area contributed by atoms with Gasteiger partial charge in [-0.15, -0.1) is 0 Å². The number of amides is 3. The lowest BCUT2D eigenvalue weighted by Crippen LogP contribution is -2.52. The molecule has 0 saturated carbocycles. The molecule has 2 aromatic rings. The van der Waals surface area contributed by atoms with Gasteiger partial charge in [0.05, 0.1) is 0 Å². The van der Waals surface area contributed by atoms with Crippen molar-refractivity contribution in [1.29, 1.82) is 0 Å². The van der Waals surface area contributed by atoms with Gasteiger partial charge in [0.25, 0.3) is 5.91 Å². The number of hydrogen-bond donors (Lipinski definition) is 3. The van der Waals surface area contributed by atoms with Crippen LogP contribution in [0.15, 0.2) is 60.7 Å². The van der Waals surface area contributed by atoms with Gasteiger partial charge in [-0.3, -0.25) is 14.4 Å². The van der Waals surface area contributed by atoms with E-state index in [0.717, 1.165) is 0 Å². The molecule has 0 radical (unpaired) electrons. The Morgan fingerprint density at radius 3 is 1.88 bits per heavy atom. The first-order valence-corrected chi connectivity index (χ1v) is 8.40. The maximum Gasteiger partial charge on any atom is 0.251 e. The van der Waals surface area contributed by atoms with E-state index in [0.29, 0.717) is 11.1 Å². The van der Waals surface area contributed by atoms with Crippen LogP contribution in [0.3, 0.4) is 0 Å². The van der Waals surface area contributed by atoms with Crippen LogP contribution in [0, 0.1) is 5.92 Å². The molecule has 4 N–H and O–H groups in total. The Balaban J connectivity index is 2.14.